The average molecular weight is 412 g/mol. The molecule has 1 heterocycles. The number of sulfonamides is 1. The van der Waals surface area contributed by atoms with Gasteiger partial charge in [-0.3, -0.25) is 9.69 Å². The second kappa shape index (κ2) is 8.26. The van der Waals surface area contributed by atoms with E-state index in [1.807, 2.05) is 18.2 Å². The lowest BCUT2D eigenvalue weighted by atomic mass is 9.97. The average Bonchev–Trinajstić information content (AvgIpc) is 3.03. The van der Waals surface area contributed by atoms with Crippen molar-refractivity contribution in [3.63, 3.8) is 0 Å². The Morgan fingerprint density at radius 1 is 1.25 bits per heavy atom. The molecule has 1 saturated carbocycles. The number of benzene rings is 1. The molecule has 2 aliphatic rings. The van der Waals surface area contributed by atoms with Gasteiger partial charge in [-0.05, 0) is 18.9 Å². The van der Waals surface area contributed by atoms with E-state index in [2.05, 4.69) is 14.9 Å². The topological polar surface area (TPSA) is 97.0 Å². The Bertz CT molecular complexity index is 821. The van der Waals surface area contributed by atoms with Crippen LogP contribution in [0.25, 0.3) is 0 Å². The molecule has 0 aromatic heterocycles. The van der Waals surface area contributed by atoms with Gasteiger partial charge < -0.3 is 14.8 Å². The molecule has 0 radical (unpaired) electrons. The van der Waals surface area contributed by atoms with Gasteiger partial charge in [-0.25, -0.2) is 13.1 Å². The number of carbonyl (C=O) groups is 1. The molecular formula is C19H29N3O5S. The van der Waals surface area contributed by atoms with Crippen LogP contribution in [-0.2, 0) is 21.4 Å². The third-order valence-corrected chi connectivity index (χ3v) is 6.19. The van der Waals surface area contributed by atoms with Gasteiger partial charge in [-0.2, -0.15) is 0 Å². The summed E-state index contributed by atoms with van der Waals surface area (Å²) in [6.45, 7) is 1.53. The number of amides is 1. The molecule has 1 saturated heterocycles. The molecule has 156 valence electrons. The van der Waals surface area contributed by atoms with Gasteiger partial charge in [0.15, 0.2) is 0 Å². The fourth-order valence-electron chi connectivity index (χ4n) is 4.25. The highest BCUT2D eigenvalue weighted by atomic mass is 32.2. The highest BCUT2D eigenvalue weighted by Crippen LogP contribution is 2.33. The van der Waals surface area contributed by atoms with Crippen LogP contribution in [0, 0.1) is 0 Å². The SMILES string of the molecule is COc1ccc(CN2CC(NS(C)(=O)=O)C(=O)NC3(CCCC3)C2)c(OC)c1. The number of rotatable bonds is 6. The van der Waals surface area contributed by atoms with Crippen LogP contribution in [0.3, 0.4) is 0 Å². The molecule has 1 spiro atoms. The maximum absolute atomic E-state index is 12.8. The first-order chi connectivity index (χ1) is 13.2. The van der Waals surface area contributed by atoms with E-state index < -0.39 is 16.1 Å². The van der Waals surface area contributed by atoms with E-state index in [1.54, 1.807) is 14.2 Å². The molecule has 2 N–H and O–H groups in total. The molecule has 1 aromatic rings. The van der Waals surface area contributed by atoms with Crippen molar-refractivity contribution in [1.82, 2.24) is 14.9 Å². The zero-order valence-electron chi connectivity index (χ0n) is 16.7. The Balaban J connectivity index is 1.87. The van der Waals surface area contributed by atoms with E-state index in [4.69, 9.17) is 9.47 Å². The van der Waals surface area contributed by atoms with Crippen molar-refractivity contribution in [2.75, 3.05) is 33.6 Å². The zero-order valence-corrected chi connectivity index (χ0v) is 17.5. The smallest absolute Gasteiger partial charge is 0.239 e. The summed E-state index contributed by atoms with van der Waals surface area (Å²) in [5, 5.41) is 3.13. The molecule has 0 bridgehead atoms. The molecule has 2 fully saturated rings. The first-order valence-electron chi connectivity index (χ1n) is 9.46. The van der Waals surface area contributed by atoms with E-state index in [-0.39, 0.29) is 11.4 Å². The molecule has 9 heteroatoms. The predicted octanol–water partition coefficient (Wildman–Crippen LogP) is 0.866. The van der Waals surface area contributed by atoms with E-state index >= 15 is 0 Å². The number of carbonyl (C=O) groups excluding carboxylic acids is 1. The zero-order chi connectivity index (χ0) is 20.4. The van der Waals surface area contributed by atoms with Gasteiger partial charge in [0.1, 0.15) is 17.5 Å². The summed E-state index contributed by atoms with van der Waals surface area (Å²) in [4.78, 5) is 14.9. The quantitative estimate of drug-likeness (QED) is 0.721. The Morgan fingerprint density at radius 3 is 2.57 bits per heavy atom. The van der Waals surface area contributed by atoms with E-state index in [1.165, 1.54) is 0 Å². The third-order valence-electron chi connectivity index (χ3n) is 5.48. The summed E-state index contributed by atoms with van der Waals surface area (Å²) in [5.74, 6) is 1.16. The fourth-order valence-corrected chi connectivity index (χ4v) is 4.95. The van der Waals surface area contributed by atoms with Gasteiger partial charge in [-0.15, -0.1) is 0 Å². The van der Waals surface area contributed by atoms with Crippen LogP contribution in [-0.4, -0.2) is 64.4 Å². The van der Waals surface area contributed by atoms with Crippen molar-refractivity contribution in [2.45, 2.75) is 43.8 Å². The van der Waals surface area contributed by atoms with Gasteiger partial charge >= 0.3 is 0 Å². The Hall–Kier alpha value is -1.84. The minimum Gasteiger partial charge on any atom is -0.497 e. The summed E-state index contributed by atoms with van der Waals surface area (Å²) >= 11 is 0. The van der Waals surface area contributed by atoms with Crippen LogP contribution in [0.15, 0.2) is 18.2 Å². The molecule has 28 heavy (non-hydrogen) atoms. The predicted molar refractivity (Wildman–Crippen MR) is 106 cm³/mol. The first-order valence-corrected chi connectivity index (χ1v) is 11.4. The van der Waals surface area contributed by atoms with Crippen LogP contribution in [0.1, 0.15) is 31.2 Å². The van der Waals surface area contributed by atoms with Crippen molar-refractivity contribution >= 4 is 15.9 Å². The van der Waals surface area contributed by atoms with Crippen molar-refractivity contribution in [3.8, 4) is 11.5 Å². The van der Waals surface area contributed by atoms with Crippen LogP contribution >= 0.6 is 0 Å². The fraction of sp³-hybridized carbons (Fsp3) is 0.632. The van der Waals surface area contributed by atoms with Crippen molar-refractivity contribution in [2.24, 2.45) is 0 Å². The number of nitrogens with one attached hydrogen (secondary N) is 2. The maximum atomic E-state index is 12.8. The second-order valence-electron chi connectivity index (χ2n) is 7.77. The highest BCUT2D eigenvalue weighted by molar-refractivity contribution is 7.88. The molecule has 3 rings (SSSR count). The standard InChI is InChI=1S/C19H29N3O5S/c1-26-15-7-6-14(17(10-15)27-2)11-22-12-16(21-28(3,24)25)18(23)20-19(13-22)8-4-5-9-19/h6-7,10,16,21H,4-5,8-9,11-13H2,1-3H3,(H,20,23). The number of ether oxygens (including phenoxy) is 2. The normalized spacial score (nSPS) is 22.7. The summed E-state index contributed by atoms with van der Waals surface area (Å²) in [7, 11) is -0.292. The van der Waals surface area contributed by atoms with Gasteiger partial charge in [-0.1, -0.05) is 18.9 Å². The van der Waals surface area contributed by atoms with Crippen LogP contribution in [0.2, 0.25) is 0 Å². The lowest BCUT2D eigenvalue weighted by Gasteiger charge is -2.33. The largest absolute Gasteiger partial charge is 0.497 e. The number of methoxy groups -OCH3 is 2. The molecule has 1 unspecified atom stereocenters. The maximum Gasteiger partial charge on any atom is 0.239 e. The minimum atomic E-state index is -3.50. The van der Waals surface area contributed by atoms with Crippen molar-refractivity contribution < 1.29 is 22.7 Å². The molecule has 1 aliphatic heterocycles. The van der Waals surface area contributed by atoms with Crippen LogP contribution in [0.5, 0.6) is 11.5 Å². The van der Waals surface area contributed by atoms with Gasteiger partial charge in [0.25, 0.3) is 0 Å². The van der Waals surface area contributed by atoms with E-state index in [9.17, 15) is 13.2 Å². The van der Waals surface area contributed by atoms with E-state index in [0.29, 0.717) is 31.1 Å². The summed E-state index contributed by atoms with van der Waals surface area (Å²) in [6, 6.07) is 4.82. The number of hydrogen-bond acceptors (Lipinski definition) is 6. The third kappa shape index (κ3) is 4.95. The second-order valence-corrected chi connectivity index (χ2v) is 9.55. The van der Waals surface area contributed by atoms with Crippen molar-refractivity contribution in [3.05, 3.63) is 23.8 Å². The van der Waals surface area contributed by atoms with Crippen LogP contribution in [0.4, 0.5) is 0 Å². The molecule has 1 amide bonds. The molecule has 1 aromatic carbocycles. The lowest BCUT2D eigenvalue weighted by molar-refractivity contribution is -0.123. The molecule has 1 atom stereocenters. The van der Waals surface area contributed by atoms with Gasteiger partial charge in [0.2, 0.25) is 15.9 Å². The van der Waals surface area contributed by atoms with Crippen LogP contribution < -0.4 is 19.5 Å². The summed E-state index contributed by atoms with van der Waals surface area (Å²) in [6.07, 6.45) is 5.00. The Labute approximate surface area is 166 Å². The minimum absolute atomic E-state index is 0.253. The van der Waals surface area contributed by atoms with E-state index in [0.717, 1.165) is 37.5 Å². The molecular weight excluding hydrogens is 382 g/mol. The first kappa shape index (κ1) is 20.9. The number of hydrogen-bond donors (Lipinski definition) is 2. The Morgan fingerprint density at radius 2 is 1.96 bits per heavy atom. The number of nitrogens with zero attached hydrogens (tertiary/aromatic N) is 1. The van der Waals surface area contributed by atoms with Gasteiger partial charge in [0.05, 0.1) is 26.0 Å². The lowest BCUT2D eigenvalue weighted by Crippen LogP contribution is -2.54. The highest BCUT2D eigenvalue weighted by Gasteiger charge is 2.42. The summed E-state index contributed by atoms with van der Waals surface area (Å²) in [5.41, 5.74) is 0.661. The Kier molecular flexibility index (Phi) is 6.16. The molecule has 8 nitrogen and oxygen atoms in total. The van der Waals surface area contributed by atoms with Gasteiger partial charge in [0, 0.05) is 31.3 Å². The summed E-state index contributed by atoms with van der Waals surface area (Å²) < 4.78 is 36.8. The van der Waals surface area contributed by atoms with Crippen molar-refractivity contribution in [1.29, 1.82) is 0 Å². The monoisotopic (exact) mass is 411 g/mol. The molecule has 1 aliphatic carbocycles.